The molecule has 0 aromatic heterocycles. The van der Waals surface area contributed by atoms with E-state index >= 15 is 0 Å². The lowest BCUT2D eigenvalue weighted by molar-refractivity contribution is -0.137. The molecule has 2 atom stereocenters. The number of anilines is 1. The monoisotopic (exact) mass is 417 g/mol. The van der Waals surface area contributed by atoms with E-state index in [-0.39, 0.29) is 11.8 Å². The normalized spacial score (nSPS) is 16.8. The lowest BCUT2D eigenvalue weighted by atomic mass is 10.0. The Hall–Kier alpha value is -3.38. The summed E-state index contributed by atoms with van der Waals surface area (Å²) in [6.45, 7) is 0.542. The van der Waals surface area contributed by atoms with Gasteiger partial charge in [0.2, 0.25) is 11.8 Å². The Morgan fingerprint density at radius 3 is 2.65 bits per heavy atom. The van der Waals surface area contributed by atoms with Crippen molar-refractivity contribution in [2.24, 2.45) is 5.73 Å². The number of hydrogen-bond donors (Lipinski definition) is 2. The molecule has 1 fully saturated rings. The van der Waals surface area contributed by atoms with Crippen molar-refractivity contribution in [3.05, 3.63) is 72.3 Å². The molecule has 3 N–H and O–H groups in total. The van der Waals surface area contributed by atoms with Gasteiger partial charge in [-0.05, 0) is 36.3 Å². The summed E-state index contributed by atoms with van der Waals surface area (Å²) in [5.41, 5.74) is 7.86. The van der Waals surface area contributed by atoms with Crippen molar-refractivity contribution in [2.45, 2.75) is 31.3 Å². The maximum atomic E-state index is 13.1. The lowest BCUT2D eigenvalue weighted by Crippen LogP contribution is -2.50. The van der Waals surface area contributed by atoms with E-state index in [9.17, 15) is 9.59 Å². The van der Waals surface area contributed by atoms with Crippen LogP contribution in [0, 0.1) is 0 Å². The molecule has 6 nitrogen and oxygen atoms in total. The molecule has 0 bridgehead atoms. The fraction of sp³-hybridized carbons (Fsp3) is 0.280. The number of amides is 2. The Morgan fingerprint density at radius 1 is 1.13 bits per heavy atom. The molecule has 3 aromatic carbocycles. The first-order valence-electron chi connectivity index (χ1n) is 10.5. The van der Waals surface area contributed by atoms with E-state index in [1.165, 1.54) is 0 Å². The number of nitrogens with one attached hydrogen (secondary N) is 1. The first-order chi connectivity index (χ1) is 15.1. The van der Waals surface area contributed by atoms with Gasteiger partial charge in [-0.1, -0.05) is 54.6 Å². The van der Waals surface area contributed by atoms with Gasteiger partial charge in [0.15, 0.2) is 0 Å². The van der Waals surface area contributed by atoms with Crippen LogP contribution in [-0.2, 0) is 16.0 Å². The third-order valence-electron chi connectivity index (χ3n) is 5.77. The van der Waals surface area contributed by atoms with E-state index in [1.54, 1.807) is 12.0 Å². The molecule has 2 unspecified atom stereocenters. The van der Waals surface area contributed by atoms with Gasteiger partial charge in [0, 0.05) is 23.7 Å². The van der Waals surface area contributed by atoms with Crippen molar-refractivity contribution in [3.8, 4) is 5.75 Å². The zero-order valence-electron chi connectivity index (χ0n) is 17.6. The van der Waals surface area contributed by atoms with E-state index < -0.39 is 12.1 Å². The van der Waals surface area contributed by atoms with Gasteiger partial charge in [-0.2, -0.15) is 0 Å². The van der Waals surface area contributed by atoms with Crippen LogP contribution in [0.25, 0.3) is 10.8 Å². The van der Waals surface area contributed by atoms with Crippen molar-refractivity contribution in [3.63, 3.8) is 0 Å². The largest absolute Gasteiger partial charge is 0.496 e. The van der Waals surface area contributed by atoms with Crippen LogP contribution < -0.4 is 15.8 Å². The topological polar surface area (TPSA) is 84.7 Å². The number of carbonyl (C=O) groups excluding carboxylic acids is 2. The molecule has 0 saturated carbocycles. The number of likely N-dealkylation sites (tertiary alicyclic amines) is 1. The molecule has 160 valence electrons. The number of ether oxygens (including phenoxy) is 1. The maximum absolute atomic E-state index is 13.1. The molecule has 0 aliphatic carbocycles. The Balaban J connectivity index is 1.48. The van der Waals surface area contributed by atoms with Gasteiger partial charge in [-0.3, -0.25) is 9.59 Å². The van der Waals surface area contributed by atoms with Crippen molar-refractivity contribution in [1.29, 1.82) is 0 Å². The highest BCUT2D eigenvalue weighted by molar-refractivity contribution is 6.01. The number of hydrogen-bond acceptors (Lipinski definition) is 4. The Kier molecular flexibility index (Phi) is 6.18. The van der Waals surface area contributed by atoms with Gasteiger partial charge in [-0.15, -0.1) is 0 Å². The number of benzene rings is 3. The third kappa shape index (κ3) is 4.54. The van der Waals surface area contributed by atoms with E-state index in [1.807, 2.05) is 66.7 Å². The smallest absolute Gasteiger partial charge is 0.247 e. The summed E-state index contributed by atoms with van der Waals surface area (Å²) in [5.74, 6) is 0.310. The van der Waals surface area contributed by atoms with Crippen molar-refractivity contribution in [1.82, 2.24) is 4.90 Å². The van der Waals surface area contributed by atoms with Crippen LogP contribution in [0.5, 0.6) is 5.75 Å². The lowest BCUT2D eigenvalue weighted by Gasteiger charge is -2.27. The molecule has 1 saturated heterocycles. The fourth-order valence-corrected chi connectivity index (χ4v) is 4.21. The zero-order chi connectivity index (χ0) is 21.8. The van der Waals surface area contributed by atoms with Crippen LogP contribution in [0.3, 0.4) is 0 Å². The summed E-state index contributed by atoms with van der Waals surface area (Å²) in [6, 6.07) is 20.1. The highest BCUT2D eigenvalue weighted by Crippen LogP contribution is 2.30. The summed E-state index contributed by atoms with van der Waals surface area (Å²) < 4.78 is 5.49. The second-order valence-electron chi connectivity index (χ2n) is 7.87. The van der Waals surface area contributed by atoms with Crippen LogP contribution in [0.15, 0.2) is 66.7 Å². The van der Waals surface area contributed by atoms with E-state index in [4.69, 9.17) is 10.5 Å². The van der Waals surface area contributed by atoms with Gasteiger partial charge >= 0.3 is 0 Å². The number of methoxy groups -OCH3 is 1. The summed E-state index contributed by atoms with van der Waals surface area (Å²) in [7, 11) is 1.61. The van der Waals surface area contributed by atoms with Crippen molar-refractivity contribution in [2.75, 3.05) is 19.0 Å². The Labute approximate surface area is 182 Å². The average molecular weight is 418 g/mol. The molecule has 2 amide bonds. The van der Waals surface area contributed by atoms with Crippen molar-refractivity contribution >= 4 is 28.3 Å². The average Bonchev–Trinajstić information content (AvgIpc) is 3.28. The molecule has 1 heterocycles. The first kappa shape index (κ1) is 20.9. The van der Waals surface area contributed by atoms with Crippen LogP contribution >= 0.6 is 0 Å². The van der Waals surface area contributed by atoms with Crippen LogP contribution in [0.2, 0.25) is 0 Å². The SMILES string of the molecule is COc1cc(NC(=O)C2CCCN2C(=O)C(N)Cc2ccccc2)cc2ccccc12. The van der Waals surface area contributed by atoms with Gasteiger partial charge < -0.3 is 20.7 Å². The highest BCUT2D eigenvalue weighted by atomic mass is 16.5. The minimum Gasteiger partial charge on any atom is -0.496 e. The maximum Gasteiger partial charge on any atom is 0.247 e. The number of nitrogens with two attached hydrogens (primary N) is 1. The molecule has 0 spiro atoms. The molecule has 0 radical (unpaired) electrons. The van der Waals surface area contributed by atoms with Gasteiger partial charge in [0.05, 0.1) is 13.2 Å². The van der Waals surface area contributed by atoms with Crippen LogP contribution in [0.4, 0.5) is 5.69 Å². The summed E-state index contributed by atoms with van der Waals surface area (Å²) >= 11 is 0. The van der Waals surface area contributed by atoms with Gasteiger partial charge in [-0.25, -0.2) is 0 Å². The fourth-order valence-electron chi connectivity index (χ4n) is 4.21. The standard InChI is InChI=1S/C25H27N3O3/c1-31-23-16-19(15-18-10-5-6-11-20(18)23)27-24(29)22-12-7-13-28(22)25(30)21(26)14-17-8-3-2-4-9-17/h2-6,8-11,15-16,21-22H,7,12-14,26H2,1H3,(H,27,29). The molecule has 6 heteroatoms. The van der Waals surface area contributed by atoms with Crippen LogP contribution in [-0.4, -0.2) is 42.5 Å². The number of fused-ring (bicyclic) bond motifs is 1. The van der Waals surface area contributed by atoms with Gasteiger partial charge in [0.1, 0.15) is 11.8 Å². The Bertz CT molecular complexity index is 1080. The second kappa shape index (κ2) is 9.18. The summed E-state index contributed by atoms with van der Waals surface area (Å²) in [5, 5.41) is 4.92. The molecule has 3 aromatic rings. The number of rotatable bonds is 6. The summed E-state index contributed by atoms with van der Waals surface area (Å²) in [4.78, 5) is 27.7. The van der Waals surface area contributed by atoms with Crippen LogP contribution in [0.1, 0.15) is 18.4 Å². The van der Waals surface area contributed by atoms with E-state index in [0.717, 1.165) is 22.8 Å². The minimum absolute atomic E-state index is 0.183. The molecule has 31 heavy (non-hydrogen) atoms. The van der Waals surface area contributed by atoms with E-state index in [2.05, 4.69) is 5.32 Å². The quantitative estimate of drug-likeness (QED) is 0.644. The van der Waals surface area contributed by atoms with Gasteiger partial charge in [0.25, 0.3) is 0 Å². The highest BCUT2D eigenvalue weighted by Gasteiger charge is 2.36. The summed E-state index contributed by atoms with van der Waals surface area (Å²) in [6.07, 6.45) is 1.86. The molecule has 4 rings (SSSR count). The first-order valence-corrected chi connectivity index (χ1v) is 10.5. The zero-order valence-corrected chi connectivity index (χ0v) is 17.6. The Morgan fingerprint density at radius 2 is 1.87 bits per heavy atom. The number of carbonyl (C=O) groups is 2. The molecule has 1 aliphatic heterocycles. The third-order valence-corrected chi connectivity index (χ3v) is 5.77. The second-order valence-corrected chi connectivity index (χ2v) is 7.87. The minimum atomic E-state index is -0.670. The predicted octanol–water partition coefficient (Wildman–Crippen LogP) is 3.35. The molecular weight excluding hydrogens is 390 g/mol. The van der Waals surface area contributed by atoms with Crippen molar-refractivity contribution < 1.29 is 14.3 Å². The molecular formula is C25H27N3O3. The van der Waals surface area contributed by atoms with E-state index in [0.29, 0.717) is 30.8 Å². The molecule has 1 aliphatic rings. The number of nitrogens with zero attached hydrogens (tertiary/aromatic N) is 1. The predicted molar refractivity (Wildman–Crippen MR) is 122 cm³/mol.